The lowest BCUT2D eigenvalue weighted by Gasteiger charge is -2.16. The van der Waals surface area contributed by atoms with Crippen LogP contribution in [0.25, 0.3) is 11.6 Å². The SMILES string of the molecule is CC/C=C1\C2=C(C=Cc3ccccc31)CCC=C2. The van der Waals surface area contributed by atoms with Crippen LogP contribution in [-0.4, -0.2) is 0 Å². The molecule has 1 aromatic rings. The van der Waals surface area contributed by atoms with Crippen molar-refractivity contribution < 1.29 is 0 Å². The summed E-state index contributed by atoms with van der Waals surface area (Å²) in [6.07, 6.45) is 14.9. The molecule has 1 aromatic carbocycles. The summed E-state index contributed by atoms with van der Waals surface area (Å²) >= 11 is 0. The van der Waals surface area contributed by atoms with E-state index in [9.17, 15) is 0 Å². The van der Waals surface area contributed by atoms with Gasteiger partial charge in [-0.15, -0.1) is 0 Å². The number of rotatable bonds is 1. The molecule has 0 saturated carbocycles. The van der Waals surface area contributed by atoms with Gasteiger partial charge in [0.25, 0.3) is 0 Å². The second kappa shape index (κ2) is 4.81. The minimum atomic E-state index is 1.08. The smallest absolute Gasteiger partial charge is 0.0109 e. The predicted octanol–water partition coefficient (Wildman–Crippen LogP) is 5.15. The van der Waals surface area contributed by atoms with Crippen molar-refractivity contribution in [2.45, 2.75) is 26.2 Å². The van der Waals surface area contributed by atoms with Crippen LogP contribution >= 0.6 is 0 Å². The van der Waals surface area contributed by atoms with Crippen LogP contribution in [0.4, 0.5) is 0 Å². The van der Waals surface area contributed by atoms with Gasteiger partial charge in [-0.2, -0.15) is 0 Å². The summed E-state index contributed by atoms with van der Waals surface area (Å²) in [5.74, 6) is 0. The van der Waals surface area contributed by atoms with Crippen LogP contribution in [0.1, 0.15) is 37.3 Å². The Hall–Kier alpha value is -1.82. The molecule has 2 aliphatic rings. The Morgan fingerprint density at radius 3 is 2.89 bits per heavy atom. The van der Waals surface area contributed by atoms with Gasteiger partial charge in [-0.3, -0.25) is 0 Å². The first-order valence-corrected chi connectivity index (χ1v) is 6.78. The summed E-state index contributed by atoms with van der Waals surface area (Å²) in [7, 11) is 0. The van der Waals surface area contributed by atoms with Gasteiger partial charge < -0.3 is 0 Å². The molecule has 0 saturated heterocycles. The van der Waals surface area contributed by atoms with Gasteiger partial charge in [0, 0.05) is 0 Å². The molecule has 0 radical (unpaired) electrons. The number of hydrogen-bond acceptors (Lipinski definition) is 0. The highest BCUT2D eigenvalue weighted by atomic mass is 14.2. The molecule has 3 rings (SSSR count). The zero-order chi connectivity index (χ0) is 12.4. The average Bonchev–Trinajstić information content (AvgIpc) is 2.58. The van der Waals surface area contributed by atoms with Crippen molar-refractivity contribution in [1.82, 2.24) is 0 Å². The van der Waals surface area contributed by atoms with Crippen molar-refractivity contribution in [2.24, 2.45) is 0 Å². The fourth-order valence-corrected chi connectivity index (χ4v) is 2.76. The Morgan fingerprint density at radius 2 is 2.00 bits per heavy atom. The van der Waals surface area contributed by atoms with Crippen molar-refractivity contribution in [2.75, 3.05) is 0 Å². The second-order valence-corrected chi connectivity index (χ2v) is 4.83. The van der Waals surface area contributed by atoms with Crippen LogP contribution in [0.3, 0.4) is 0 Å². The maximum absolute atomic E-state index is 2.36. The molecule has 0 spiro atoms. The molecular weight excluding hydrogens is 216 g/mol. The quantitative estimate of drug-likeness (QED) is 0.630. The van der Waals surface area contributed by atoms with Crippen molar-refractivity contribution >= 4 is 11.6 Å². The van der Waals surface area contributed by atoms with Gasteiger partial charge in [-0.1, -0.05) is 61.6 Å². The molecule has 0 N–H and O–H groups in total. The van der Waals surface area contributed by atoms with E-state index in [1.165, 1.54) is 34.3 Å². The van der Waals surface area contributed by atoms with Crippen molar-refractivity contribution in [3.8, 4) is 0 Å². The molecule has 0 fully saturated rings. The van der Waals surface area contributed by atoms with Gasteiger partial charge >= 0.3 is 0 Å². The molecule has 0 heterocycles. The van der Waals surface area contributed by atoms with Crippen LogP contribution < -0.4 is 0 Å². The first-order valence-electron chi connectivity index (χ1n) is 6.78. The van der Waals surface area contributed by atoms with Gasteiger partial charge in [0.05, 0.1) is 0 Å². The van der Waals surface area contributed by atoms with Crippen LogP contribution in [0.5, 0.6) is 0 Å². The topological polar surface area (TPSA) is 0 Å². The lowest BCUT2D eigenvalue weighted by molar-refractivity contribution is 0.981. The lowest BCUT2D eigenvalue weighted by Crippen LogP contribution is -1.96. The summed E-state index contributed by atoms with van der Waals surface area (Å²) in [6, 6.07) is 8.69. The van der Waals surface area contributed by atoms with E-state index in [0.29, 0.717) is 0 Å². The van der Waals surface area contributed by atoms with Crippen LogP contribution in [0.15, 0.2) is 59.7 Å². The van der Waals surface area contributed by atoms with Crippen LogP contribution in [0.2, 0.25) is 0 Å². The fourth-order valence-electron chi connectivity index (χ4n) is 2.76. The first-order chi connectivity index (χ1) is 8.90. The lowest BCUT2D eigenvalue weighted by atomic mass is 9.88. The Morgan fingerprint density at radius 1 is 1.11 bits per heavy atom. The van der Waals surface area contributed by atoms with Crippen molar-refractivity contribution in [3.63, 3.8) is 0 Å². The Bertz CT molecular complexity index is 580. The van der Waals surface area contributed by atoms with Crippen LogP contribution in [-0.2, 0) is 0 Å². The average molecular weight is 234 g/mol. The largest absolute Gasteiger partial charge is 0.0836 e. The third-order valence-corrected chi connectivity index (χ3v) is 3.62. The number of benzene rings is 1. The van der Waals surface area contributed by atoms with E-state index < -0.39 is 0 Å². The minimum absolute atomic E-state index is 1.08. The standard InChI is InChI=1S/C18H18/c1-2-7-18-16-10-5-3-8-14(16)12-13-15-9-4-6-11-17(15)18/h3,5-8,10-13H,2,4,9H2,1H3/b18-7-. The van der Waals surface area contributed by atoms with E-state index in [1.807, 2.05) is 0 Å². The third kappa shape index (κ3) is 1.88. The van der Waals surface area contributed by atoms with Crippen LogP contribution in [0, 0.1) is 0 Å². The van der Waals surface area contributed by atoms with E-state index in [2.05, 4.69) is 61.6 Å². The molecule has 0 atom stereocenters. The Labute approximate surface area is 109 Å². The van der Waals surface area contributed by atoms with Gasteiger partial charge in [-0.25, -0.2) is 0 Å². The Balaban J connectivity index is 2.23. The Kier molecular flexibility index (Phi) is 3.02. The van der Waals surface area contributed by atoms with Crippen molar-refractivity contribution in [3.05, 3.63) is 70.8 Å². The first kappa shape index (κ1) is 11.3. The molecule has 0 nitrogen and oxygen atoms in total. The van der Waals surface area contributed by atoms with E-state index in [0.717, 1.165) is 12.8 Å². The van der Waals surface area contributed by atoms with Gasteiger partial charge in [0.2, 0.25) is 0 Å². The molecule has 0 aromatic heterocycles. The number of hydrogen-bond donors (Lipinski definition) is 0. The monoisotopic (exact) mass is 234 g/mol. The predicted molar refractivity (Wildman–Crippen MR) is 79.1 cm³/mol. The highest BCUT2D eigenvalue weighted by Gasteiger charge is 2.16. The maximum Gasteiger partial charge on any atom is -0.0109 e. The fraction of sp³-hybridized carbons (Fsp3) is 0.222. The summed E-state index contributed by atoms with van der Waals surface area (Å²) in [5.41, 5.74) is 7.01. The molecule has 0 unspecified atom stereocenters. The molecule has 0 bridgehead atoms. The normalized spacial score (nSPS) is 19.7. The minimum Gasteiger partial charge on any atom is -0.0836 e. The molecule has 0 heteroatoms. The third-order valence-electron chi connectivity index (χ3n) is 3.62. The highest BCUT2D eigenvalue weighted by molar-refractivity contribution is 5.89. The summed E-state index contributed by atoms with van der Waals surface area (Å²) < 4.78 is 0. The highest BCUT2D eigenvalue weighted by Crippen LogP contribution is 2.37. The summed E-state index contributed by atoms with van der Waals surface area (Å²) in [5, 5.41) is 0. The number of allylic oxidation sites excluding steroid dienone is 7. The van der Waals surface area contributed by atoms with Gasteiger partial charge in [-0.05, 0) is 47.1 Å². The second-order valence-electron chi connectivity index (χ2n) is 4.83. The van der Waals surface area contributed by atoms with Crippen molar-refractivity contribution in [1.29, 1.82) is 0 Å². The van der Waals surface area contributed by atoms with E-state index in [-0.39, 0.29) is 0 Å². The molecule has 90 valence electrons. The molecular formula is C18H18. The van der Waals surface area contributed by atoms with Gasteiger partial charge in [0.15, 0.2) is 0 Å². The number of fused-ring (bicyclic) bond motifs is 1. The van der Waals surface area contributed by atoms with E-state index in [1.54, 1.807) is 0 Å². The van der Waals surface area contributed by atoms with E-state index in [4.69, 9.17) is 0 Å². The zero-order valence-electron chi connectivity index (χ0n) is 10.8. The van der Waals surface area contributed by atoms with E-state index >= 15 is 0 Å². The molecule has 0 amide bonds. The maximum atomic E-state index is 2.36. The summed E-state index contributed by atoms with van der Waals surface area (Å²) in [4.78, 5) is 0. The molecule has 18 heavy (non-hydrogen) atoms. The zero-order valence-corrected chi connectivity index (χ0v) is 10.8. The summed E-state index contributed by atoms with van der Waals surface area (Å²) in [6.45, 7) is 2.21. The molecule has 0 aliphatic heterocycles. The van der Waals surface area contributed by atoms with Gasteiger partial charge in [0.1, 0.15) is 0 Å². The molecule has 2 aliphatic carbocycles.